The lowest BCUT2D eigenvalue weighted by molar-refractivity contribution is -0.226. The molecule has 51 heavy (non-hydrogen) atoms. The number of nitrogens with one attached hydrogen (secondary N) is 1. The molecular formula is C36H37N7O8. The van der Waals surface area contributed by atoms with Crippen LogP contribution in [-0.2, 0) is 14.4 Å². The predicted molar refractivity (Wildman–Crippen MR) is 179 cm³/mol. The van der Waals surface area contributed by atoms with Crippen LogP contribution in [-0.4, -0.2) is 112 Å². The van der Waals surface area contributed by atoms with Gasteiger partial charge in [0, 0.05) is 56.2 Å². The van der Waals surface area contributed by atoms with Gasteiger partial charge >= 0.3 is 0 Å². The lowest BCUT2D eigenvalue weighted by Crippen LogP contribution is -2.70. The maximum atomic E-state index is 13.5. The number of phenols is 1. The average molecular weight is 696 g/mol. The van der Waals surface area contributed by atoms with Crippen molar-refractivity contribution in [2.45, 2.75) is 38.1 Å². The number of benzene rings is 2. The van der Waals surface area contributed by atoms with E-state index in [9.17, 15) is 29.1 Å². The summed E-state index contributed by atoms with van der Waals surface area (Å²) in [5.74, 6) is -0.888. The number of amides is 5. The number of piperidine rings is 1. The van der Waals surface area contributed by atoms with Crippen LogP contribution in [0.3, 0.4) is 0 Å². The molecule has 3 aromatic rings. The van der Waals surface area contributed by atoms with Crippen LogP contribution in [0.15, 0.2) is 48.5 Å². The number of carbonyl (C=O) groups excluding carboxylic acids is 5. The third-order valence-electron chi connectivity index (χ3n) is 10.8. The molecule has 0 spiro atoms. The summed E-state index contributed by atoms with van der Waals surface area (Å²) in [4.78, 5) is 68.5. The molecule has 3 aliphatic carbocycles. The van der Waals surface area contributed by atoms with Gasteiger partial charge in [0.25, 0.3) is 11.8 Å². The number of ether oxygens (including phenoxy) is 2. The summed E-state index contributed by atoms with van der Waals surface area (Å²) in [6.45, 7) is 4.09. The molecule has 4 heterocycles. The van der Waals surface area contributed by atoms with E-state index in [1.807, 2.05) is 4.90 Å². The summed E-state index contributed by atoms with van der Waals surface area (Å²) in [6.07, 6.45) is 2.48. The topological polar surface area (TPSA) is 198 Å². The monoisotopic (exact) mass is 695 g/mol. The molecule has 3 aliphatic heterocycles. The number of para-hydroxylation sites is 1. The molecule has 4 N–H and O–H groups in total. The van der Waals surface area contributed by atoms with Gasteiger partial charge in [0.2, 0.25) is 17.7 Å². The summed E-state index contributed by atoms with van der Waals surface area (Å²) in [5, 5.41) is 20.5. The maximum Gasteiger partial charge on any atom is 0.262 e. The van der Waals surface area contributed by atoms with Gasteiger partial charge in [0.05, 0.1) is 23.1 Å². The van der Waals surface area contributed by atoms with E-state index >= 15 is 0 Å². The standard InChI is InChI=1S/C36H37N7O8/c37-30-28(16-25(39-40-30)23-3-1-2-4-27(23)44)51-20-35-17-36(18-35,19-35)34(49)42-11-9-41(10-12-42)13-14-50-21-5-6-22-24(15-21)33(48)43(32(22)47)26-7-8-29(45)38-31(26)46/h1-6,15-16,26,44H,7-14,17-20H2,(H2,37,40)(H,38,45,46). The fourth-order valence-corrected chi connectivity index (χ4v) is 8.27. The molecule has 15 nitrogen and oxygen atoms in total. The molecule has 2 bridgehead atoms. The molecule has 3 saturated carbocycles. The van der Waals surface area contributed by atoms with E-state index in [-0.39, 0.29) is 52.3 Å². The van der Waals surface area contributed by atoms with Gasteiger partial charge in [0.1, 0.15) is 29.8 Å². The van der Waals surface area contributed by atoms with E-state index in [0.29, 0.717) is 68.7 Å². The Hall–Kier alpha value is -5.57. The summed E-state index contributed by atoms with van der Waals surface area (Å²) in [7, 11) is 0. The predicted octanol–water partition coefficient (Wildman–Crippen LogP) is 1.60. The second-order valence-corrected chi connectivity index (χ2v) is 14.2. The van der Waals surface area contributed by atoms with E-state index < -0.39 is 29.7 Å². The van der Waals surface area contributed by atoms with Crippen molar-refractivity contribution in [3.63, 3.8) is 0 Å². The number of phenolic OH excluding ortho intramolecular Hbond substituents is 1. The van der Waals surface area contributed by atoms with E-state index in [1.165, 1.54) is 12.1 Å². The molecule has 5 fully saturated rings. The second-order valence-electron chi connectivity index (χ2n) is 14.2. The van der Waals surface area contributed by atoms with Gasteiger partial charge in [-0.3, -0.25) is 39.1 Å². The first-order valence-corrected chi connectivity index (χ1v) is 17.1. The van der Waals surface area contributed by atoms with Crippen LogP contribution in [0, 0.1) is 10.8 Å². The number of imide groups is 2. The van der Waals surface area contributed by atoms with Crippen molar-refractivity contribution < 1.29 is 38.6 Å². The summed E-state index contributed by atoms with van der Waals surface area (Å²) in [5.41, 5.74) is 7.04. The minimum Gasteiger partial charge on any atom is -0.507 e. The summed E-state index contributed by atoms with van der Waals surface area (Å²) >= 11 is 0. The molecule has 1 atom stereocenters. The quantitative estimate of drug-likeness (QED) is 0.260. The van der Waals surface area contributed by atoms with E-state index in [4.69, 9.17) is 15.2 Å². The Morgan fingerprint density at radius 3 is 2.41 bits per heavy atom. The molecule has 5 amide bonds. The molecule has 15 heteroatoms. The van der Waals surface area contributed by atoms with Gasteiger partial charge in [-0.05, 0) is 56.0 Å². The van der Waals surface area contributed by atoms with Crippen molar-refractivity contribution in [1.82, 2.24) is 30.2 Å². The number of fused-ring (bicyclic) bond motifs is 1. The van der Waals surface area contributed by atoms with Gasteiger partial charge in [-0.1, -0.05) is 12.1 Å². The number of piperazine rings is 1. The van der Waals surface area contributed by atoms with Crippen molar-refractivity contribution in [3.8, 4) is 28.5 Å². The minimum absolute atomic E-state index is 0.0573. The second kappa shape index (κ2) is 12.3. The Balaban J connectivity index is 0.781. The van der Waals surface area contributed by atoms with Crippen LogP contribution in [0.2, 0.25) is 0 Å². The molecule has 2 saturated heterocycles. The number of aromatic hydroxyl groups is 1. The zero-order valence-electron chi connectivity index (χ0n) is 27.8. The maximum absolute atomic E-state index is 13.5. The molecule has 264 valence electrons. The lowest BCUT2D eigenvalue weighted by Gasteiger charge is -2.69. The van der Waals surface area contributed by atoms with Crippen molar-refractivity contribution in [1.29, 1.82) is 0 Å². The van der Waals surface area contributed by atoms with Gasteiger partial charge in [0.15, 0.2) is 11.6 Å². The number of hydrogen-bond donors (Lipinski definition) is 3. The normalized spacial score (nSPS) is 25.5. The van der Waals surface area contributed by atoms with Crippen molar-refractivity contribution in [2.24, 2.45) is 10.8 Å². The number of anilines is 1. The van der Waals surface area contributed by atoms with E-state index in [1.54, 1.807) is 36.4 Å². The lowest BCUT2D eigenvalue weighted by atomic mass is 9.35. The number of nitrogen functional groups attached to an aromatic ring is 1. The Bertz CT molecular complexity index is 1960. The smallest absolute Gasteiger partial charge is 0.262 e. The van der Waals surface area contributed by atoms with E-state index in [0.717, 1.165) is 24.2 Å². The van der Waals surface area contributed by atoms with Gasteiger partial charge in [-0.2, -0.15) is 0 Å². The number of aromatic nitrogens is 2. The Morgan fingerprint density at radius 2 is 1.67 bits per heavy atom. The number of nitrogens with zero attached hydrogens (tertiary/aromatic N) is 5. The summed E-state index contributed by atoms with van der Waals surface area (Å²) in [6, 6.07) is 12.2. The van der Waals surface area contributed by atoms with Gasteiger partial charge in [-0.15, -0.1) is 10.2 Å². The Kier molecular flexibility index (Phi) is 7.89. The first kappa shape index (κ1) is 32.6. The molecule has 1 aromatic heterocycles. The number of rotatable bonds is 10. The number of nitrogens with two attached hydrogens (primary N) is 1. The van der Waals surface area contributed by atoms with Crippen molar-refractivity contribution >= 4 is 35.4 Å². The van der Waals surface area contributed by atoms with Crippen molar-refractivity contribution in [3.05, 3.63) is 59.7 Å². The van der Waals surface area contributed by atoms with Crippen LogP contribution in [0.25, 0.3) is 11.3 Å². The molecule has 0 radical (unpaired) electrons. The first-order valence-electron chi connectivity index (χ1n) is 17.1. The third kappa shape index (κ3) is 5.70. The first-order chi connectivity index (χ1) is 24.5. The Labute approximate surface area is 292 Å². The highest BCUT2D eigenvalue weighted by Crippen LogP contribution is 2.73. The summed E-state index contributed by atoms with van der Waals surface area (Å²) < 4.78 is 12.0. The van der Waals surface area contributed by atoms with Crippen LogP contribution in [0.4, 0.5) is 5.82 Å². The third-order valence-corrected chi connectivity index (χ3v) is 10.8. The highest BCUT2D eigenvalue weighted by atomic mass is 16.5. The SMILES string of the molecule is Nc1nnc(-c2ccccc2O)cc1OCC12CC(C(=O)N3CCN(CCOc4ccc5c(c4)C(=O)N(C4CCC(=O)NC4=O)C5=O)CC3)(C1)C2. The fourth-order valence-electron chi connectivity index (χ4n) is 8.27. The zero-order chi connectivity index (χ0) is 35.5. The highest BCUT2D eigenvalue weighted by Gasteiger charge is 2.72. The highest BCUT2D eigenvalue weighted by molar-refractivity contribution is 6.23. The molecule has 1 unspecified atom stereocenters. The van der Waals surface area contributed by atoms with Gasteiger partial charge < -0.3 is 25.2 Å². The number of carbonyl (C=O) groups is 5. The molecule has 9 rings (SSSR count). The van der Waals surface area contributed by atoms with Crippen LogP contribution in [0.5, 0.6) is 17.2 Å². The zero-order valence-corrected chi connectivity index (χ0v) is 27.8. The van der Waals surface area contributed by atoms with Gasteiger partial charge in [-0.25, -0.2) is 0 Å². The van der Waals surface area contributed by atoms with Crippen molar-refractivity contribution in [2.75, 3.05) is 51.7 Å². The fraction of sp³-hybridized carbons (Fsp3) is 0.417. The largest absolute Gasteiger partial charge is 0.507 e. The van der Waals surface area contributed by atoms with E-state index in [2.05, 4.69) is 20.4 Å². The Morgan fingerprint density at radius 1 is 0.922 bits per heavy atom. The number of hydrogen-bond acceptors (Lipinski definition) is 12. The molecule has 6 aliphatic rings. The van der Waals surface area contributed by atoms with Crippen LogP contribution < -0.4 is 20.5 Å². The van der Waals surface area contributed by atoms with Crippen LogP contribution in [0.1, 0.15) is 52.8 Å². The minimum atomic E-state index is -1.02. The molecular weight excluding hydrogens is 658 g/mol. The average Bonchev–Trinajstić information content (AvgIpc) is 3.33. The molecule has 2 aromatic carbocycles. The van der Waals surface area contributed by atoms with Crippen LogP contribution >= 0.6 is 0 Å².